The van der Waals surface area contributed by atoms with Crippen LogP contribution in [-0.4, -0.2) is 4.21 Å². The fraction of sp³-hybridized carbons (Fsp3) is 0.294. The van der Waals surface area contributed by atoms with E-state index in [1.807, 2.05) is 36.6 Å². The van der Waals surface area contributed by atoms with E-state index in [0.29, 0.717) is 0 Å². The molecule has 1 aromatic heterocycles. The van der Waals surface area contributed by atoms with Crippen LogP contribution in [0.25, 0.3) is 4.91 Å². The van der Waals surface area contributed by atoms with Gasteiger partial charge in [0.25, 0.3) is 0 Å². The molecule has 1 heterocycles. The van der Waals surface area contributed by atoms with Crippen LogP contribution in [0.3, 0.4) is 0 Å². The van der Waals surface area contributed by atoms with Gasteiger partial charge in [-0.1, -0.05) is 43.5 Å². The van der Waals surface area contributed by atoms with Crippen molar-refractivity contribution in [3.63, 3.8) is 0 Å². The maximum atomic E-state index is 12.8. The molecule has 0 spiro atoms. The van der Waals surface area contributed by atoms with Crippen molar-refractivity contribution in [3.05, 3.63) is 58.3 Å². The van der Waals surface area contributed by atoms with Gasteiger partial charge in [0.15, 0.2) is 0 Å². The van der Waals surface area contributed by atoms with Crippen molar-refractivity contribution in [2.45, 2.75) is 38.0 Å². The van der Waals surface area contributed by atoms with Gasteiger partial charge in [0.2, 0.25) is 0 Å². The van der Waals surface area contributed by atoms with Crippen LogP contribution in [0.2, 0.25) is 0 Å². The van der Waals surface area contributed by atoms with Gasteiger partial charge in [-0.3, -0.25) is 0 Å². The summed E-state index contributed by atoms with van der Waals surface area (Å²) in [6.07, 6.45) is 5.42. The molecule has 0 saturated heterocycles. The largest absolute Gasteiger partial charge is 0.249 e. The number of thiophene rings is 1. The number of hydrogen-bond acceptors (Lipinski definition) is 2. The predicted molar refractivity (Wildman–Crippen MR) is 89.4 cm³/mol. The van der Waals surface area contributed by atoms with Crippen LogP contribution in [0.15, 0.2) is 52.1 Å². The van der Waals surface area contributed by atoms with Crippen LogP contribution in [0.5, 0.6) is 0 Å². The Labute approximate surface area is 127 Å². The third kappa shape index (κ3) is 3.90. The zero-order chi connectivity index (χ0) is 14.4. The molecule has 0 unspecified atom stereocenters. The third-order valence-electron chi connectivity index (χ3n) is 3.13. The number of aryl methyl sites for hydroxylation is 1. The summed E-state index contributed by atoms with van der Waals surface area (Å²) in [7, 11) is -1.09. The summed E-state index contributed by atoms with van der Waals surface area (Å²) in [5.74, 6) is 0. The summed E-state index contributed by atoms with van der Waals surface area (Å²) >= 11 is 1.65. The molecule has 3 heteroatoms. The first-order valence-corrected chi connectivity index (χ1v) is 9.03. The summed E-state index contributed by atoms with van der Waals surface area (Å²) in [4.78, 5) is 1.83. The van der Waals surface area contributed by atoms with Gasteiger partial charge in [-0.15, -0.1) is 0 Å². The molecule has 1 atom stereocenters. The standard InChI is InChI=1S/C17H20OS2/c1-3-4-5-6-17(15-11-12-19-13-15)20(18)16-9-7-14(2)8-10-16/h6-13H,3-5H2,1-2H3/b17-6-/t20-/m0/s1. The van der Waals surface area contributed by atoms with Crippen molar-refractivity contribution < 1.29 is 4.21 Å². The van der Waals surface area contributed by atoms with Crippen LogP contribution < -0.4 is 0 Å². The van der Waals surface area contributed by atoms with Gasteiger partial charge in [0.05, 0.1) is 10.8 Å². The normalized spacial score (nSPS) is 13.4. The molecule has 0 aliphatic heterocycles. The summed E-state index contributed by atoms with van der Waals surface area (Å²) in [6, 6.07) is 10.0. The van der Waals surface area contributed by atoms with E-state index in [1.54, 1.807) is 11.3 Å². The van der Waals surface area contributed by atoms with E-state index in [2.05, 4.69) is 24.4 Å². The highest BCUT2D eigenvalue weighted by molar-refractivity contribution is 7.94. The SMILES string of the molecule is CCCC/C=C(/c1ccsc1)[S@@](=O)c1ccc(C)cc1. The first kappa shape index (κ1) is 15.2. The second-order valence-corrected chi connectivity index (χ2v) is 7.03. The maximum Gasteiger partial charge on any atom is 0.0852 e. The minimum absolute atomic E-state index is 0.879. The van der Waals surface area contributed by atoms with Gasteiger partial charge in [-0.05, 0) is 42.3 Å². The first-order valence-electron chi connectivity index (χ1n) is 6.93. The van der Waals surface area contributed by atoms with Crippen molar-refractivity contribution in [2.75, 3.05) is 0 Å². The summed E-state index contributed by atoms with van der Waals surface area (Å²) < 4.78 is 12.8. The van der Waals surface area contributed by atoms with E-state index >= 15 is 0 Å². The Hall–Kier alpha value is -1.19. The van der Waals surface area contributed by atoms with E-state index in [-0.39, 0.29) is 0 Å². The Balaban J connectivity index is 2.29. The maximum absolute atomic E-state index is 12.8. The fourth-order valence-corrected chi connectivity index (χ4v) is 3.91. The lowest BCUT2D eigenvalue weighted by Crippen LogP contribution is -1.95. The lowest BCUT2D eigenvalue weighted by molar-refractivity contribution is 0.689. The molecule has 106 valence electrons. The van der Waals surface area contributed by atoms with Gasteiger partial charge in [0, 0.05) is 15.4 Å². The number of hydrogen-bond donors (Lipinski definition) is 0. The van der Waals surface area contributed by atoms with E-state index in [0.717, 1.165) is 34.6 Å². The molecule has 2 aromatic rings. The van der Waals surface area contributed by atoms with Crippen molar-refractivity contribution in [1.29, 1.82) is 0 Å². The molecule has 0 fully saturated rings. The molecule has 20 heavy (non-hydrogen) atoms. The highest BCUT2D eigenvalue weighted by Gasteiger charge is 2.12. The fourth-order valence-electron chi connectivity index (χ4n) is 1.93. The Morgan fingerprint density at radius 1 is 1.25 bits per heavy atom. The second kappa shape index (κ2) is 7.55. The number of allylic oxidation sites excluding steroid dienone is 1. The Morgan fingerprint density at radius 2 is 2.00 bits per heavy atom. The van der Waals surface area contributed by atoms with Crippen molar-refractivity contribution in [3.8, 4) is 0 Å². The highest BCUT2D eigenvalue weighted by Crippen LogP contribution is 2.27. The summed E-state index contributed by atoms with van der Waals surface area (Å²) in [5, 5.41) is 4.11. The summed E-state index contributed by atoms with van der Waals surface area (Å²) in [5.41, 5.74) is 2.28. The van der Waals surface area contributed by atoms with E-state index in [9.17, 15) is 4.21 Å². The monoisotopic (exact) mass is 304 g/mol. The zero-order valence-corrected chi connectivity index (χ0v) is 13.6. The third-order valence-corrected chi connectivity index (χ3v) is 5.31. The molecule has 0 radical (unpaired) electrons. The minimum atomic E-state index is -1.09. The highest BCUT2D eigenvalue weighted by atomic mass is 32.2. The quantitative estimate of drug-likeness (QED) is 0.653. The average Bonchev–Trinajstić information content (AvgIpc) is 2.98. The molecule has 2 rings (SSSR count). The van der Waals surface area contributed by atoms with Gasteiger partial charge < -0.3 is 0 Å². The number of unbranched alkanes of at least 4 members (excludes halogenated alkanes) is 2. The van der Waals surface area contributed by atoms with Crippen LogP contribution in [0.1, 0.15) is 37.3 Å². The van der Waals surface area contributed by atoms with Crippen LogP contribution in [-0.2, 0) is 10.8 Å². The van der Waals surface area contributed by atoms with E-state index in [4.69, 9.17) is 0 Å². The molecule has 0 N–H and O–H groups in total. The number of rotatable bonds is 6. The second-order valence-electron chi connectivity index (χ2n) is 4.80. The molecule has 0 aliphatic carbocycles. The molecule has 0 saturated carbocycles. The Bertz CT molecular complexity index is 580. The van der Waals surface area contributed by atoms with Gasteiger partial charge in [-0.25, -0.2) is 4.21 Å². The van der Waals surface area contributed by atoms with Gasteiger partial charge in [0.1, 0.15) is 0 Å². The van der Waals surface area contributed by atoms with Crippen LogP contribution >= 0.6 is 11.3 Å². The summed E-state index contributed by atoms with van der Waals surface area (Å²) in [6.45, 7) is 4.22. The molecule has 0 bridgehead atoms. The molecule has 1 nitrogen and oxygen atoms in total. The molecular formula is C17H20OS2. The van der Waals surface area contributed by atoms with Crippen molar-refractivity contribution in [2.24, 2.45) is 0 Å². The molecule has 0 aliphatic rings. The molecule has 0 amide bonds. The van der Waals surface area contributed by atoms with Gasteiger partial charge >= 0.3 is 0 Å². The van der Waals surface area contributed by atoms with Crippen molar-refractivity contribution >= 4 is 27.0 Å². The topological polar surface area (TPSA) is 17.1 Å². The number of benzene rings is 1. The molecular weight excluding hydrogens is 284 g/mol. The Morgan fingerprint density at radius 3 is 2.60 bits per heavy atom. The Kier molecular flexibility index (Phi) is 5.74. The zero-order valence-electron chi connectivity index (χ0n) is 12.0. The average molecular weight is 304 g/mol. The smallest absolute Gasteiger partial charge is 0.0852 e. The lowest BCUT2D eigenvalue weighted by atomic mass is 10.2. The van der Waals surface area contributed by atoms with Crippen LogP contribution in [0.4, 0.5) is 0 Å². The molecule has 1 aromatic carbocycles. The van der Waals surface area contributed by atoms with Crippen LogP contribution in [0, 0.1) is 6.92 Å². The first-order chi connectivity index (χ1) is 9.72. The lowest BCUT2D eigenvalue weighted by Gasteiger charge is -2.07. The minimum Gasteiger partial charge on any atom is -0.249 e. The predicted octanol–water partition coefficient (Wildman–Crippen LogP) is 5.40. The van der Waals surface area contributed by atoms with Gasteiger partial charge in [-0.2, -0.15) is 11.3 Å². The van der Waals surface area contributed by atoms with E-state index in [1.165, 1.54) is 5.56 Å². The van der Waals surface area contributed by atoms with Crippen molar-refractivity contribution in [1.82, 2.24) is 0 Å². The van der Waals surface area contributed by atoms with E-state index < -0.39 is 10.8 Å².